The first kappa shape index (κ1) is 17.2. The van der Waals surface area contributed by atoms with Gasteiger partial charge in [-0.2, -0.15) is 0 Å². The lowest BCUT2D eigenvalue weighted by atomic mass is 9.85. The minimum absolute atomic E-state index is 0.0296. The Hall–Kier alpha value is -2.11. The second-order valence-electron chi connectivity index (χ2n) is 6.91. The summed E-state index contributed by atoms with van der Waals surface area (Å²) < 4.78 is 5.27. The fraction of sp³-hybridized carbons (Fsp3) is 0.588. The van der Waals surface area contributed by atoms with Crippen molar-refractivity contribution in [3.8, 4) is 0 Å². The highest BCUT2D eigenvalue weighted by Crippen LogP contribution is 2.25. The standard InChI is InChI=1S/C17H25N3O3/c1-17(2,3)23-16(22)19-13-8-6-7-12(11-13)15(21)20-14-9-4-5-10-18-14/h4-5,9-10,12-13H,6-8,11H2,1-3H3,(H,19,22)(H,18,20,21)/t12-,13-/m1/s1. The van der Waals surface area contributed by atoms with E-state index in [1.165, 1.54) is 0 Å². The van der Waals surface area contributed by atoms with Crippen molar-refractivity contribution in [1.29, 1.82) is 0 Å². The Balaban J connectivity index is 1.85. The van der Waals surface area contributed by atoms with Gasteiger partial charge < -0.3 is 15.4 Å². The van der Waals surface area contributed by atoms with Crippen molar-refractivity contribution in [2.75, 3.05) is 5.32 Å². The zero-order valence-corrected chi connectivity index (χ0v) is 14.0. The molecule has 0 bridgehead atoms. The van der Waals surface area contributed by atoms with Gasteiger partial charge in [-0.15, -0.1) is 0 Å². The molecule has 0 radical (unpaired) electrons. The Morgan fingerprint density at radius 1 is 1.26 bits per heavy atom. The number of hydrogen-bond donors (Lipinski definition) is 2. The number of amides is 2. The monoisotopic (exact) mass is 319 g/mol. The van der Waals surface area contributed by atoms with E-state index in [2.05, 4.69) is 15.6 Å². The molecular weight excluding hydrogens is 294 g/mol. The molecule has 1 aliphatic carbocycles. The van der Waals surface area contributed by atoms with Gasteiger partial charge in [0.1, 0.15) is 11.4 Å². The molecule has 1 fully saturated rings. The van der Waals surface area contributed by atoms with E-state index in [9.17, 15) is 9.59 Å². The highest BCUT2D eigenvalue weighted by Gasteiger charge is 2.29. The molecule has 6 nitrogen and oxygen atoms in total. The number of nitrogens with zero attached hydrogens (tertiary/aromatic N) is 1. The van der Waals surface area contributed by atoms with Crippen molar-refractivity contribution in [2.45, 2.75) is 58.1 Å². The number of pyridine rings is 1. The number of hydrogen-bond acceptors (Lipinski definition) is 4. The van der Waals surface area contributed by atoms with E-state index in [0.717, 1.165) is 19.3 Å². The predicted octanol–water partition coefficient (Wildman–Crippen LogP) is 3.10. The van der Waals surface area contributed by atoms with Crippen LogP contribution < -0.4 is 10.6 Å². The summed E-state index contributed by atoms with van der Waals surface area (Å²) in [6, 6.07) is 5.36. The first-order valence-corrected chi connectivity index (χ1v) is 8.05. The van der Waals surface area contributed by atoms with Crippen LogP contribution in [0.5, 0.6) is 0 Å². The molecule has 1 aromatic heterocycles. The third-order valence-corrected chi connectivity index (χ3v) is 3.68. The average Bonchev–Trinajstić information content (AvgIpc) is 2.46. The van der Waals surface area contributed by atoms with Crippen LogP contribution >= 0.6 is 0 Å². The van der Waals surface area contributed by atoms with Crippen LogP contribution in [0.3, 0.4) is 0 Å². The summed E-state index contributed by atoms with van der Waals surface area (Å²) in [6.07, 6.45) is 4.44. The highest BCUT2D eigenvalue weighted by molar-refractivity contribution is 5.91. The quantitative estimate of drug-likeness (QED) is 0.897. The number of rotatable bonds is 3. The van der Waals surface area contributed by atoms with Crippen LogP contribution in [0, 0.1) is 5.92 Å². The highest BCUT2D eigenvalue weighted by atomic mass is 16.6. The van der Waals surface area contributed by atoms with E-state index in [0.29, 0.717) is 12.2 Å². The van der Waals surface area contributed by atoms with Crippen LogP contribution in [0.15, 0.2) is 24.4 Å². The first-order valence-electron chi connectivity index (χ1n) is 8.05. The van der Waals surface area contributed by atoms with Crippen molar-refractivity contribution in [3.63, 3.8) is 0 Å². The van der Waals surface area contributed by atoms with Crippen LogP contribution in [-0.2, 0) is 9.53 Å². The maximum Gasteiger partial charge on any atom is 0.407 e. The fourth-order valence-corrected chi connectivity index (χ4v) is 2.70. The molecule has 0 saturated heterocycles. The lowest BCUT2D eigenvalue weighted by Crippen LogP contribution is -2.43. The molecule has 2 N–H and O–H groups in total. The summed E-state index contributed by atoms with van der Waals surface area (Å²) in [5.41, 5.74) is -0.519. The molecule has 2 rings (SSSR count). The Labute approximate surface area is 137 Å². The number of nitrogens with one attached hydrogen (secondary N) is 2. The molecule has 1 saturated carbocycles. The lowest BCUT2D eigenvalue weighted by molar-refractivity contribution is -0.121. The molecule has 1 heterocycles. The Morgan fingerprint density at radius 2 is 2.04 bits per heavy atom. The number of alkyl carbamates (subject to hydrolysis) is 1. The van der Waals surface area contributed by atoms with Gasteiger partial charge in [-0.3, -0.25) is 4.79 Å². The molecule has 0 aromatic carbocycles. The SMILES string of the molecule is CC(C)(C)OC(=O)N[C@@H]1CCC[C@@H](C(=O)Nc2ccccn2)C1. The van der Waals surface area contributed by atoms with E-state index in [1.807, 2.05) is 26.8 Å². The summed E-state index contributed by atoms with van der Waals surface area (Å²) in [5, 5.41) is 5.70. The molecule has 23 heavy (non-hydrogen) atoms. The number of carbonyl (C=O) groups excluding carboxylic acids is 2. The van der Waals surface area contributed by atoms with Crippen molar-refractivity contribution < 1.29 is 14.3 Å². The minimum Gasteiger partial charge on any atom is -0.444 e. The van der Waals surface area contributed by atoms with Gasteiger partial charge in [0.25, 0.3) is 0 Å². The second kappa shape index (κ2) is 7.44. The smallest absolute Gasteiger partial charge is 0.407 e. The molecule has 126 valence electrons. The number of aromatic nitrogens is 1. The van der Waals surface area contributed by atoms with Gasteiger partial charge in [0, 0.05) is 18.2 Å². The van der Waals surface area contributed by atoms with E-state index in [-0.39, 0.29) is 17.9 Å². The average molecular weight is 319 g/mol. The van der Waals surface area contributed by atoms with Gasteiger partial charge in [-0.1, -0.05) is 12.5 Å². The maximum absolute atomic E-state index is 12.3. The third-order valence-electron chi connectivity index (χ3n) is 3.68. The third kappa shape index (κ3) is 5.88. The van der Waals surface area contributed by atoms with Gasteiger partial charge in [0.2, 0.25) is 5.91 Å². The van der Waals surface area contributed by atoms with Gasteiger partial charge in [0.15, 0.2) is 0 Å². The Morgan fingerprint density at radius 3 is 2.70 bits per heavy atom. The van der Waals surface area contributed by atoms with Crippen LogP contribution in [0.1, 0.15) is 46.5 Å². The number of ether oxygens (including phenoxy) is 1. The van der Waals surface area contributed by atoms with Crippen molar-refractivity contribution in [1.82, 2.24) is 10.3 Å². The molecule has 1 aliphatic rings. The molecule has 1 aromatic rings. The van der Waals surface area contributed by atoms with Gasteiger partial charge in [-0.25, -0.2) is 9.78 Å². The van der Waals surface area contributed by atoms with Crippen LogP contribution in [0.2, 0.25) is 0 Å². The zero-order valence-electron chi connectivity index (χ0n) is 14.0. The maximum atomic E-state index is 12.3. The largest absolute Gasteiger partial charge is 0.444 e. The summed E-state index contributed by atoms with van der Waals surface area (Å²) in [5.74, 6) is 0.393. The van der Waals surface area contributed by atoms with Crippen molar-refractivity contribution in [2.24, 2.45) is 5.92 Å². The second-order valence-corrected chi connectivity index (χ2v) is 6.91. The van der Waals surface area contributed by atoms with Crippen molar-refractivity contribution >= 4 is 17.8 Å². The summed E-state index contributed by atoms with van der Waals surface area (Å²) in [4.78, 5) is 28.3. The molecule has 2 amide bonds. The minimum atomic E-state index is -0.519. The molecule has 2 atom stereocenters. The number of carbonyl (C=O) groups is 2. The number of anilines is 1. The molecule has 0 unspecified atom stereocenters. The van der Waals surface area contributed by atoms with E-state index >= 15 is 0 Å². The van der Waals surface area contributed by atoms with Crippen LogP contribution in [0.4, 0.5) is 10.6 Å². The Bertz CT molecular complexity index is 540. The van der Waals surface area contributed by atoms with E-state index < -0.39 is 11.7 Å². The van der Waals surface area contributed by atoms with E-state index in [4.69, 9.17) is 4.74 Å². The zero-order chi connectivity index (χ0) is 16.9. The molecular formula is C17H25N3O3. The Kier molecular flexibility index (Phi) is 5.58. The molecule has 0 spiro atoms. The summed E-state index contributed by atoms with van der Waals surface area (Å²) >= 11 is 0. The van der Waals surface area contributed by atoms with Crippen molar-refractivity contribution in [3.05, 3.63) is 24.4 Å². The predicted molar refractivity (Wildman–Crippen MR) is 88.0 cm³/mol. The van der Waals surface area contributed by atoms with Gasteiger partial charge >= 0.3 is 6.09 Å². The topological polar surface area (TPSA) is 80.3 Å². The van der Waals surface area contributed by atoms with Crippen LogP contribution in [-0.4, -0.2) is 28.6 Å². The van der Waals surface area contributed by atoms with Gasteiger partial charge in [-0.05, 0) is 52.2 Å². The summed E-state index contributed by atoms with van der Waals surface area (Å²) in [6.45, 7) is 5.49. The fourth-order valence-electron chi connectivity index (χ4n) is 2.70. The van der Waals surface area contributed by atoms with Gasteiger partial charge in [0.05, 0.1) is 0 Å². The normalized spacial score (nSPS) is 21.3. The van der Waals surface area contributed by atoms with Crippen LogP contribution in [0.25, 0.3) is 0 Å². The lowest BCUT2D eigenvalue weighted by Gasteiger charge is -2.30. The first-order chi connectivity index (χ1) is 10.8. The van der Waals surface area contributed by atoms with E-state index in [1.54, 1.807) is 18.3 Å². The summed E-state index contributed by atoms with van der Waals surface area (Å²) in [7, 11) is 0. The molecule has 6 heteroatoms. The molecule has 0 aliphatic heterocycles.